The molecular formula is C13H15F5N2. The van der Waals surface area contributed by atoms with Crippen LogP contribution in [0.4, 0.5) is 27.6 Å². The van der Waals surface area contributed by atoms with Crippen molar-refractivity contribution in [2.45, 2.75) is 31.7 Å². The first-order valence-corrected chi connectivity index (χ1v) is 6.42. The van der Waals surface area contributed by atoms with Gasteiger partial charge in [-0.3, -0.25) is 0 Å². The highest BCUT2D eigenvalue weighted by Gasteiger charge is 2.26. The summed E-state index contributed by atoms with van der Waals surface area (Å²) in [5, 5.41) is 2.33. The van der Waals surface area contributed by atoms with Crippen molar-refractivity contribution in [3.05, 3.63) is 29.1 Å². The van der Waals surface area contributed by atoms with Crippen LogP contribution in [0.1, 0.15) is 25.7 Å². The molecule has 1 fully saturated rings. The van der Waals surface area contributed by atoms with E-state index in [1.54, 1.807) is 0 Å². The largest absolute Gasteiger partial charge is 0.380 e. The zero-order chi connectivity index (χ0) is 14.9. The molecular weight excluding hydrogens is 279 g/mol. The summed E-state index contributed by atoms with van der Waals surface area (Å²) in [6, 6.07) is 0.0203. The van der Waals surface area contributed by atoms with Crippen molar-refractivity contribution in [3.63, 3.8) is 0 Å². The topological polar surface area (TPSA) is 38.0 Å². The Morgan fingerprint density at radius 2 is 1.45 bits per heavy atom. The van der Waals surface area contributed by atoms with Gasteiger partial charge >= 0.3 is 0 Å². The minimum absolute atomic E-state index is 0.0203. The van der Waals surface area contributed by atoms with Gasteiger partial charge in [0.25, 0.3) is 0 Å². The van der Waals surface area contributed by atoms with Crippen molar-refractivity contribution in [2.75, 3.05) is 11.9 Å². The lowest BCUT2D eigenvalue weighted by Crippen LogP contribution is -2.31. The number of rotatable bonds is 3. The lowest BCUT2D eigenvalue weighted by molar-refractivity contribution is 0.333. The highest BCUT2D eigenvalue weighted by molar-refractivity contribution is 5.47. The molecule has 0 heterocycles. The summed E-state index contributed by atoms with van der Waals surface area (Å²) in [5.74, 6) is -9.62. The van der Waals surface area contributed by atoms with E-state index in [-0.39, 0.29) is 18.5 Å². The van der Waals surface area contributed by atoms with Crippen molar-refractivity contribution in [1.29, 1.82) is 0 Å². The molecule has 0 bridgehead atoms. The molecule has 0 radical (unpaired) electrons. The van der Waals surface area contributed by atoms with Crippen LogP contribution in [0.15, 0.2) is 0 Å². The van der Waals surface area contributed by atoms with E-state index < -0.39 is 34.8 Å². The van der Waals surface area contributed by atoms with Gasteiger partial charge in [-0.05, 0) is 25.2 Å². The number of anilines is 1. The Labute approximate surface area is 113 Å². The molecule has 1 aliphatic rings. The fraction of sp³-hybridized carbons (Fsp3) is 0.538. The second kappa shape index (κ2) is 5.95. The number of halogens is 5. The molecule has 0 saturated heterocycles. The quantitative estimate of drug-likeness (QED) is 0.510. The summed E-state index contributed by atoms with van der Waals surface area (Å²) < 4.78 is 65.7. The summed E-state index contributed by atoms with van der Waals surface area (Å²) in [4.78, 5) is 0. The van der Waals surface area contributed by atoms with Crippen LogP contribution in [0.2, 0.25) is 0 Å². The molecule has 3 N–H and O–H groups in total. The number of hydrogen-bond acceptors (Lipinski definition) is 2. The van der Waals surface area contributed by atoms with Gasteiger partial charge in [-0.2, -0.15) is 0 Å². The highest BCUT2D eigenvalue weighted by atomic mass is 19.2. The lowest BCUT2D eigenvalue weighted by atomic mass is 9.86. The average Bonchev–Trinajstić information content (AvgIpc) is 2.43. The number of hydrogen-bond donors (Lipinski definition) is 2. The first-order valence-electron chi connectivity index (χ1n) is 6.42. The first-order chi connectivity index (χ1) is 9.41. The van der Waals surface area contributed by atoms with E-state index in [0.29, 0.717) is 6.42 Å². The van der Waals surface area contributed by atoms with Crippen LogP contribution in [-0.2, 0) is 0 Å². The Hall–Kier alpha value is -1.37. The van der Waals surface area contributed by atoms with Gasteiger partial charge in [-0.15, -0.1) is 0 Å². The molecule has 0 spiro atoms. The lowest BCUT2D eigenvalue weighted by Gasteiger charge is -2.27. The van der Waals surface area contributed by atoms with E-state index in [1.807, 2.05) is 0 Å². The maximum Gasteiger partial charge on any atom is 0.200 e. The van der Waals surface area contributed by atoms with Gasteiger partial charge in [0.15, 0.2) is 23.3 Å². The molecule has 2 unspecified atom stereocenters. The van der Waals surface area contributed by atoms with Crippen LogP contribution in [0.25, 0.3) is 0 Å². The highest BCUT2D eigenvalue weighted by Crippen LogP contribution is 2.29. The Morgan fingerprint density at radius 3 is 2.00 bits per heavy atom. The normalized spacial score (nSPS) is 22.9. The standard InChI is InChI=1S/C13H15F5N2/c14-8-9(15)11(17)13(12(18)10(8)16)20-5-6-2-1-3-7(19)4-6/h6-7,20H,1-5,19H2. The maximum absolute atomic E-state index is 13.4. The summed E-state index contributed by atoms with van der Waals surface area (Å²) >= 11 is 0. The second-order valence-corrected chi connectivity index (χ2v) is 5.12. The fourth-order valence-electron chi connectivity index (χ4n) is 2.52. The maximum atomic E-state index is 13.4. The molecule has 2 nitrogen and oxygen atoms in total. The average molecular weight is 294 g/mol. The van der Waals surface area contributed by atoms with E-state index >= 15 is 0 Å². The van der Waals surface area contributed by atoms with Gasteiger partial charge in [0.05, 0.1) is 0 Å². The zero-order valence-electron chi connectivity index (χ0n) is 10.7. The van der Waals surface area contributed by atoms with E-state index in [4.69, 9.17) is 5.73 Å². The minimum Gasteiger partial charge on any atom is -0.380 e. The Morgan fingerprint density at radius 1 is 0.900 bits per heavy atom. The van der Waals surface area contributed by atoms with Crippen LogP contribution in [0, 0.1) is 35.0 Å². The molecule has 2 rings (SSSR count). The smallest absolute Gasteiger partial charge is 0.200 e. The van der Waals surface area contributed by atoms with Crippen molar-refractivity contribution < 1.29 is 22.0 Å². The van der Waals surface area contributed by atoms with Gasteiger partial charge in [0, 0.05) is 12.6 Å². The van der Waals surface area contributed by atoms with Crippen molar-refractivity contribution >= 4 is 5.69 Å². The Bertz CT molecular complexity index is 477. The van der Waals surface area contributed by atoms with Crippen molar-refractivity contribution in [2.24, 2.45) is 11.7 Å². The van der Waals surface area contributed by atoms with Gasteiger partial charge < -0.3 is 11.1 Å². The second-order valence-electron chi connectivity index (χ2n) is 5.12. The Balaban J connectivity index is 2.13. The van der Waals surface area contributed by atoms with Gasteiger partial charge in [-0.25, -0.2) is 22.0 Å². The summed E-state index contributed by atoms with van der Waals surface area (Å²) in [5.41, 5.74) is 4.80. The minimum atomic E-state index is -2.15. The third-order valence-corrected chi connectivity index (χ3v) is 3.60. The number of benzene rings is 1. The molecule has 20 heavy (non-hydrogen) atoms. The van der Waals surface area contributed by atoms with Crippen molar-refractivity contribution in [3.8, 4) is 0 Å². The summed E-state index contributed by atoms with van der Waals surface area (Å²) in [7, 11) is 0. The van der Waals surface area contributed by atoms with Gasteiger partial charge in [0.2, 0.25) is 5.82 Å². The zero-order valence-corrected chi connectivity index (χ0v) is 10.7. The summed E-state index contributed by atoms with van der Waals surface area (Å²) in [6.07, 6.45) is 3.27. The van der Waals surface area contributed by atoms with E-state index in [0.717, 1.165) is 19.3 Å². The molecule has 1 aromatic carbocycles. The van der Waals surface area contributed by atoms with Gasteiger partial charge in [0.1, 0.15) is 5.69 Å². The van der Waals surface area contributed by atoms with E-state index in [2.05, 4.69) is 5.32 Å². The number of nitrogens with one attached hydrogen (secondary N) is 1. The van der Waals surface area contributed by atoms with E-state index in [9.17, 15) is 22.0 Å². The molecule has 0 amide bonds. The van der Waals surface area contributed by atoms with Crippen LogP contribution in [-0.4, -0.2) is 12.6 Å². The van der Waals surface area contributed by atoms with Crippen LogP contribution >= 0.6 is 0 Å². The molecule has 1 aromatic rings. The van der Waals surface area contributed by atoms with Crippen LogP contribution in [0.3, 0.4) is 0 Å². The van der Waals surface area contributed by atoms with Crippen LogP contribution in [0.5, 0.6) is 0 Å². The predicted molar refractivity (Wildman–Crippen MR) is 64.7 cm³/mol. The number of nitrogens with two attached hydrogens (primary N) is 1. The summed E-state index contributed by atoms with van der Waals surface area (Å²) in [6.45, 7) is 0.131. The molecule has 1 aliphatic carbocycles. The third kappa shape index (κ3) is 2.87. The molecule has 7 heteroatoms. The van der Waals surface area contributed by atoms with Crippen molar-refractivity contribution in [1.82, 2.24) is 0 Å². The molecule has 112 valence electrons. The molecule has 0 aliphatic heterocycles. The molecule has 1 saturated carbocycles. The Kier molecular flexibility index (Phi) is 4.47. The molecule has 2 atom stereocenters. The predicted octanol–water partition coefficient (Wildman–Crippen LogP) is 3.31. The van der Waals surface area contributed by atoms with Crippen LogP contribution < -0.4 is 11.1 Å². The third-order valence-electron chi connectivity index (χ3n) is 3.60. The first kappa shape index (κ1) is 15.0. The monoisotopic (exact) mass is 294 g/mol. The van der Waals surface area contributed by atoms with E-state index in [1.165, 1.54) is 0 Å². The SMILES string of the molecule is NC1CCCC(CNc2c(F)c(F)c(F)c(F)c2F)C1. The molecule has 0 aromatic heterocycles. The van der Waals surface area contributed by atoms with Gasteiger partial charge in [-0.1, -0.05) is 6.42 Å². The fourth-order valence-corrected chi connectivity index (χ4v) is 2.52.